The van der Waals surface area contributed by atoms with Crippen LogP contribution in [0, 0.1) is 5.92 Å². The van der Waals surface area contributed by atoms with Crippen LogP contribution in [0.2, 0.25) is 0 Å². The van der Waals surface area contributed by atoms with Crippen LogP contribution in [0.1, 0.15) is 55.9 Å². The van der Waals surface area contributed by atoms with Crippen LogP contribution in [0.3, 0.4) is 0 Å². The van der Waals surface area contributed by atoms with Gasteiger partial charge in [0.1, 0.15) is 0 Å². The maximum Gasteiger partial charge on any atom is 0.0785 e. The van der Waals surface area contributed by atoms with E-state index in [1.165, 1.54) is 113 Å². The zero-order valence-corrected chi connectivity index (χ0v) is 37.0. The smallest absolute Gasteiger partial charge is 0.0785 e. The third kappa shape index (κ3) is 5.66. The van der Waals surface area contributed by atoms with Crippen molar-refractivity contribution in [1.82, 2.24) is 0 Å². The molecule has 0 radical (unpaired) electrons. The third-order valence-electron chi connectivity index (χ3n) is 13.3. The molecule has 0 saturated heterocycles. The van der Waals surface area contributed by atoms with Gasteiger partial charge < -0.3 is 9.80 Å². The van der Waals surface area contributed by atoms with Crippen molar-refractivity contribution in [2.24, 2.45) is 5.92 Å². The molecule has 10 aromatic rings. The number of benzene rings is 8. The predicted molar refractivity (Wildman–Crippen MR) is 272 cm³/mol. The van der Waals surface area contributed by atoms with Crippen LogP contribution in [-0.4, -0.2) is 6.04 Å². The SMILES string of the molecule is CC(C)C1=CC(N(c2ccccc2)c2cccc3c2sc2ccccc23)C2=CCc3c(C(C)C)cc(N(c4ccccc4)c4cccc5c4sc4ccccc45)c4ccc1c2c34. The molecular weight excluding hydrogens is 789 g/mol. The van der Waals surface area contributed by atoms with Crippen molar-refractivity contribution < 1.29 is 0 Å². The molecule has 0 saturated carbocycles. The molecule has 0 aliphatic heterocycles. The lowest BCUT2D eigenvalue weighted by Crippen LogP contribution is -2.34. The highest BCUT2D eigenvalue weighted by atomic mass is 32.1. The monoisotopic (exact) mass is 834 g/mol. The number of fused-ring (bicyclic) bond motifs is 6. The molecule has 2 aliphatic rings. The van der Waals surface area contributed by atoms with Gasteiger partial charge >= 0.3 is 0 Å². The number of thiophene rings is 2. The van der Waals surface area contributed by atoms with Gasteiger partial charge in [0, 0.05) is 47.7 Å². The Morgan fingerprint density at radius 2 is 1.10 bits per heavy atom. The van der Waals surface area contributed by atoms with Crippen molar-refractivity contribution in [3.63, 3.8) is 0 Å². The second-order valence-corrected chi connectivity index (χ2v) is 19.6. The molecule has 0 bridgehead atoms. The molecule has 62 heavy (non-hydrogen) atoms. The summed E-state index contributed by atoms with van der Waals surface area (Å²) in [6, 6.07) is 61.1. The molecule has 0 spiro atoms. The first-order valence-electron chi connectivity index (χ1n) is 22.0. The third-order valence-corrected chi connectivity index (χ3v) is 15.7. The van der Waals surface area contributed by atoms with E-state index in [1.807, 2.05) is 22.7 Å². The van der Waals surface area contributed by atoms with Crippen molar-refractivity contribution in [3.05, 3.63) is 198 Å². The quantitative estimate of drug-likeness (QED) is 0.150. The summed E-state index contributed by atoms with van der Waals surface area (Å²) in [5.41, 5.74) is 14.5. The van der Waals surface area contributed by atoms with Crippen molar-refractivity contribution in [3.8, 4) is 0 Å². The predicted octanol–water partition coefficient (Wildman–Crippen LogP) is 17.4. The summed E-state index contributed by atoms with van der Waals surface area (Å²) >= 11 is 3.81. The van der Waals surface area contributed by atoms with Gasteiger partial charge in [0.15, 0.2) is 0 Å². The summed E-state index contributed by atoms with van der Waals surface area (Å²) in [6.07, 6.45) is 6.07. The number of anilines is 5. The van der Waals surface area contributed by atoms with Gasteiger partial charge in [0.25, 0.3) is 0 Å². The first-order chi connectivity index (χ1) is 30.4. The summed E-state index contributed by atoms with van der Waals surface area (Å²) in [5.74, 6) is 0.664. The number of nitrogens with zero attached hydrogens (tertiary/aromatic N) is 2. The van der Waals surface area contributed by atoms with Gasteiger partial charge in [-0.2, -0.15) is 0 Å². The maximum absolute atomic E-state index is 2.64. The van der Waals surface area contributed by atoms with E-state index < -0.39 is 0 Å². The molecule has 2 heterocycles. The molecule has 4 heteroatoms. The Labute approximate surface area is 371 Å². The molecule has 1 atom stereocenters. The molecular formula is C58H46N2S2. The Kier molecular flexibility index (Phi) is 8.78. The van der Waals surface area contributed by atoms with Crippen molar-refractivity contribution in [2.75, 3.05) is 9.80 Å². The zero-order valence-electron chi connectivity index (χ0n) is 35.4. The molecule has 0 amide bonds. The Bertz CT molecular complexity index is 3460. The van der Waals surface area contributed by atoms with E-state index in [-0.39, 0.29) is 6.04 Å². The summed E-state index contributed by atoms with van der Waals surface area (Å²) in [5, 5.41) is 7.98. The van der Waals surface area contributed by atoms with E-state index in [4.69, 9.17) is 0 Å². The second kappa shape index (κ2) is 14.6. The summed E-state index contributed by atoms with van der Waals surface area (Å²) in [7, 11) is 0. The van der Waals surface area contributed by atoms with Gasteiger partial charge in [0.05, 0.1) is 32.5 Å². The molecule has 2 nitrogen and oxygen atoms in total. The largest absolute Gasteiger partial charge is 0.329 e. The van der Waals surface area contributed by atoms with Crippen LogP contribution >= 0.6 is 22.7 Å². The van der Waals surface area contributed by atoms with Crippen LogP contribution in [0.4, 0.5) is 28.4 Å². The average molecular weight is 835 g/mol. The molecule has 1 unspecified atom stereocenters. The lowest BCUT2D eigenvalue weighted by Gasteiger charge is -2.41. The van der Waals surface area contributed by atoms with E-state index in [9.17, 15) is 0 Å². The second-order valence-electron chi connectivity index (χ2n) is 17.5. The number of para-hydroxylation sites is 2. The number of hydrogen-bond donors (Lipinski definition) is 0. The topological polar surface area (TPSA) is 6.48 Å². The molecule has 300 valence electrons. The summed E-state index contributed by atoms with van der Waals surface area (Å²) < 4.78 is 5.28. The highest BCUT2D eigenvalue weighted by Gasteiger charge is 2.37. The number of hydrogen-bond acceptors (Lipinski definition) is 4. The minimum Gasteiger partial charge on any atom is -0.329 e. The Morgan fingerprint density at radius 3 is 1.74 bits per heavy atom. The molecule has 0 N–H and O–H groups in total. The lowest BCUT2D eigenvalue weighted by atomic mass is 9.72. The molecule has 2 aliphatic carbocycles. The van der Waals surface area contributed by atoms with Gasteiger partial charge in [-0.3, -0.25) is 0 Å². The molecule has 8 aromatic carbocycles. The van der Waals surface area contributed by atoms with E-state index >= 15 is 0 Å². The van der Waals surface area contributed by atoms with Crippen LogP contribution < -0.4 is 9.80 Å². The zero-order chi connectivity index (χ0) is 41.6. The maximum atomic E-state index is 2.64. The van der Waals surface area contributed by atoms with Crippen molar-refractivity contribution in [2.45, 2.75) is 46.1 Å². The van der Waals surface area contributed by atoms with Crippen LogP contribution in [0.25, 0.3) is 62.3 Å². The lowest BCUT2D eigenvalue weighted by molar-refractivity contribution is 0.832. The van der Waals surface area contributed by atoms with Crippen LogP contribution in [0.15, 0.2) is 176 Å². The first-order valence-corrected chi connectivity index (χ1v) is 23.6. The highest BCUT2D eigenvalue weighted by Crippen LogP contribution is 2.54. The minimum atomic E-state index is -0.0134. The van der Waals surface area contributed by atoms with E-state index in [2.05, 4.69) is 213 Å². The average Bonchev–Trinajstić information content (AvgIpc) is 3.89. The van der Waals surface area contributed by atoms with Crippen molar-refractivity contribution >= 4 is 113 Å². The first kappa shape index (κ1) is 37.3. The Balaban J connectivity index is 1.14. The van der Waals surface area contributed by atoms with E-state index in [1.54, 1.807) is 0 Å². The van der Waals surface area contributed by atoms with E-state index in [0.717, 1.165) is 6.42 Å². The van der Waals surface area contributed by atoms with Crippen LogP contribution in [-0.2, 0) is 6.42 Å². The van der Waals surface area contributed by atoms with Gasteiger partial charge in [-0.15, -0.1) is 22.7 Å². The summed E-state index contributed by atoms with van der Waals surface area (Å²) in [6.45, 7) is 9.49. The number of allylic oxidation sites excluding steroid dienone is 2. The normalized spacial score (nSPS) is 14.7. The van der Waals surface area contributed by atoms with Crippen molar-refractivity contribution in [1.29, 1.82) is 0 Å². The van der Waals surface area contributed by atoms with Gasteiger partial charge in [0.2, 0.25) is 0 Å². The van der Waals surface area contributed by atoms with Gasteiger partial charge in [-0.25, -0.2) is 0 Å². The fourth-order valence-electron chi connectivity index (χ4n) is 10.5. The molecule has 2 aromatic heterocycles. The molecule has 0 fully saturated rings. The van der Waals surface area contributed by atoms with E-state index in [0.29, 0.717) is 11.8 Å². The minimum absolute atomic E-state index is 0.0134. The summed E-state index contributed by atoms with van der Waals surface area (Å²) in [4.78, 5) is 5.20. The van der Waals surface area contributed by atoms with Gasteiger partial charge in [-0.1, -0.05) is 149 Å². The van der Waals surface area contributed by atoms with Gasteiger partial charge in [-0.05, 0) is 112 Å². The standard InChI is InChI=1S/C58H46N2S2/c1-35(2)47-33-51(59(37-17-7-5-8-18-37)49-25-15-23-43-39-21-11-13-27-53(39)61-57(43)49)45-32-30-42-48(36(3)4)34-52(46-31-29-41(47)55(45)56(42)46)60(38-19-9-6-10-20-38)50-26-16-24-44-40-22-12-14-28-54(40)62-58(44)50/h5-29,31-36,51H,30H2,1-4H3. The Hall–Kier alpha value is -6.46. The fraction of sp³-hybridized carbons (Fsp3) is 0.138. The highest BCUT2D eigenvalue weighted by molar-refractivity contribution is 7.26. The van der Waals surface area contributed by atoms with Crippen LogP contribution in [0.5, 0.6) is 0 Å². The Morgan fingerprint density at radius 1 is 0.516 bits per heavy atom. The number of rotatable bonds is 8. The fourth-order valence-corrected chi connectivity index (χ4v) is 13.0. The molecule has 12 rings (SSSR count).